The van der Waals surface area contributed by atoms with Crippen LogP contribution in [0.15, 0.2) is 12.7 Å². The van der Waals surface area contributed by atoms with Crippen molar-refractivity contribution in [1.82, 2.24) is 10.2 Å². The van der Waals surface area contributed by atoms with Gasteiger partial charge in [-0.1, -0.05) is 6.08 Å². The fraction of sp³-hybridized carbons (Fsp3) is 0.778. The molecule has 1 aliphatic heterocycles. The molecule has 2 fully saturated rings. The molecule has 0 aromatic heterocycles. The summed E-state index contributed by atoms with van der Waals surface area (Å²) in [5, 5.41) is 3.31. The van der Waals surface area contributed by atoms with Gasteiger partial charge in [0.1, 0.15) is 0 Å². The van der Waals surface area contributed by atoms with Gasteiger partial charge in [0, 0.05) is 31.7 Å². The minimum absolute atomic E-state index is 0. The summed E-state index contributed by atoms with van der Waals surface area (Å²) >= 11 is 0. The summed E-state index contributed by atoms with van der Waals surface area (Å²) in [6.45, 7) is 7.24. The third kappa shape index (κ3) is 2.00. The molecule has 0 bridgehead atoms. The molecule has 1 aliphatic carbocycles. The third-order valence-corrected chi connectivity index (χ3v) is 2.58. The van der Waals surface area contributed by atoms with Crippen LogP contribution < -0.4 is 5.32 Å². The van der Waals surface area contributed by atoms with Gasteiger partial charge in [0.15, 0.2) is 0 Å². The molecule has 1 saturated heterocycles. The van der Waals surface area contributed by atoms with Crippen LogP contribution in [0, 0.1) is 0 Å². The first-order valence-electron chi connectivity index (χ1n) is 4.49. The molecule has 70 valence electrons. The number of nitrogens with zero attached hydrogens (tertiary/aromatic N) is 1. The minimum Gasteiger partial charge on any atom is -0.314 e. The third-order valence-electron chi connectivity index (χ3n) is 2.58. The molecule has 3 heteroatoms. The van der Waals surface area contributed by atoms with Gasteiger partial charge >= 0.3 is 0 Å². The van der Waals surface area contributed by atoms with Gasteiger partial charge in [-0.05, 0) is 12.8 Å². The van der Waals surface area contributed by atoms with Crippen molar-refractivity contribution in [3.05, 3.63) is 12.7 Å². The number of hydrogen-bond acceptors (Lipinski definition) is 2. The number of nitrogens with one attached hydrogen (secondary N) is 1. The van der Waals surface area contributed by atoms with Gasteiger partial charge in [-0.15, -0.1) is 19.0 Å². The van der Waals surface area contributed by atoms with Crippen molar-refractivity contribution in [2.75, 3.05) is 19.6 Å². The second-order valence-electron chi connectivity index (χ2n) is 3.53. The summed E-state index contributed by atoms with van der Waals surface area (Å²) < 4.78 is 0. The maximum Gasteiger partial charge on any atom is 0.0351 e. The Hall–Kier alpha value is -0.0500. The molecular formula is C9H17ClN2. The summed E-state index contributed by atoms with van der Waals surface area (Å²) in [4.78, 5) is 2.59. The van der Waals surface area contributed by atoms with E-state index in [4.69, 9.17) is 0 Å². The molecule has 1 heterocycles. The van der Waals surface area contributed by atoms with Gasteiger partial charge in [-0.25, -0.2) is 0 Å². The summed E-state index contributed by atoms with van der Waals surface area (Å²) in [6, 6.07) is 1.69. The molecule has 2 aliphatic rings. The lowest BCUT2D eigenvalue weighted by atomic mass is 10.1. The van der Waals surface area contributed by atoms with Gasteiger partial charge in [-0.2, -0.15) is 0 Å². The lowest BCUT2D eigenvalue weighted by molar-refractivity contribution is 0.153. The fourth-order valence-electron chi connectivity index (χ4n) is 1.66. The van der Waals surface area contributed by atoms with Gasteiger partial charge in [0.25, 0.3) is 0 Å². The van der Waals surface area contributed by atoms with E-state index < -0.39 is 0 Å². The normalized spacial score (nSPS) is 23.1. The topological polar surface area (TPSA) is 15.3 Å². The van der Waals surface area contributed by atoms with Crippen molar-refractivity contribution >= 4 is 12.4 Å². The number of halogens is 1. The van der Waals surface area contributed by atoms with E-state index in [1.54, 1.807) is 0 Å². The highest BCUT2D eigenvalue weighted by Gasteiger charge is 2.35. The summed E-state index contributed by atoms with van der Waals surface area (Å²) in [5.74, 6) is 0. The van der Waals surface area contributed by atoms with Crippen molar-refractivity contribution in [2.45, 2.75) is 24.9 Å². The zero-order chi connectivity index (χ0) is 7.68. The lowest BCUT2D eigenvalue weighted by Gasteiger charge is -2.37. The van der Waals surface area contributed by atoms with Crippen LogP contribution in [-0.4, -0.2) is 36.6 Å². The molecule has 2 nitrogen and oxygen atoms in total. The predicted molar refractivity (Wildman–Crippen MR) is 53.8 cm³/mol. The van der Waals surface area contributed by atoms with Gasteiger partial charge in [0.05, 0.1) is 0 Å². The zero-order valence-corrected chi connectivity index (χ0v) is 8.15. The Bertz CT molecular complexity index is 153. The molecule has 0 radical (unpaired) electrons. The van der Waals surface area contributed by atoms with Crippen LogP contribution in [0.25, 0.3) is 0 Å². The van der Waals surface area contributed by atoms with Crippen molar-refractivity contribution < 1.29 is 0 Å². The summed E-state index contributed by atoms with van der Waals surface area (Å²) in [6.07, 6.45) is 4.84. The summed E-state index contributed by atoms with van der Waals surface area (Å²) in [7, 11) is 0. The lowest BCUT2D eigenvalue weighted by Crippen LogP contribution is -2.57. The predicted octanol–water partition coefficient (Wildman–Crippen LogP) is 1.03. The molecule has 0 unspecified atom stereocenters. The van der Waals surface area contributed by atoms with Crippen molar-refractivity contribution in [3.63, 3.8) is 0 Å². The standard InChI is InChI=1S/C9H16N2.ClH/c1-2-5-11(8-3-4-8)9-6-10-7-9;/h2,8-10H,1,3-7H2;1H. The Morgan fingerprint density at radius 3 is 2.33 bits per heavy atom. The van der Waals surface area contributed by atoms with E-state index in [2.05, 4.69) is 16.8 Å². The molecule has 0 atom stereocenters. The Morgan fingerprint density at radius 2 is 2.00 bits per heavy atom. The second kappa shape index (κ2) is 4.26. The first kappa shape index (κ1) is 10.0. The fourth-order valence-corrected chi connectivity index (χ4v) is 1.66. The van der Waals surface area contributed by atoms with Crippen molar-refractivity contribution in [3.8, 4) is 0 Å². The van der Waals surface area contributed by atoms with Crippen LogP contribution >= 0.6 is 12.4 Å². The highest BCUT2D eigenvalue weighted by atomic mass is 35.5. The van der Waals surface area contributed by atoms with Crippen molar-refractivity contribution in [2.24, 2.45) is 0 Å². The molecule has 0 spiro atoms. The average Bonchev–Trinajstić information content (AvgIpc) is 2.63. The largest absolute Gasteiger partial charge is 0.314 e. The first-order valence-corrected chi connectivity index (χ1v) is 4.49. The minimum atomic E-state index is 0. The maximum absolute atomic E-state index is 3.79. The second-order valence-corrected chi connectivity index (χ2v) is 3.53. The highest BCUT2D eigenvalue weighted by molar-refractivity contribution is 5.85. The Morgan fingerprint density at radius 1 is 1.33 bits per heavy atom. The monoisotopic (exact) mass is 188 g/mol. The zero-order valence-electron chi connectivity index (χ0n) is 7.33. The van der Waals surface area contributed by atoms with Crippen LogP contribution in [0.1, 0.15) is 12.8 Å². The average molecular weight is 189 g/mol. The SMILES string of the molecule is C=CCN(C1CC1)C1CNC1.Cl. The quantitative estimate of drug-likeness (QED) is 0.664. The molecule has 0 amide bonds. The van der Waals surface area contributed by atoms with E-state index in [0.29, 0.717) is 0 Å². The molecule has 0 aromatic rings. The molecule has 1 N–H and O–H groups in total. The van der Waals surface area contributed by atoms with E-state index in [1.165, 1.54) is 25.9 Å². The van der Waals surface area contributed by atoms with Crippen LogP contribution in [-0.2, 0) is 0 Å². The van der Waals surface area contributed by atoms with Gasteiger partial charge in [0.2, 0.25) is 0 Å². The van der Waals surface area contributed by atoms with Crippen LogP contribution in [0.2, 0.25) is 0 Å². The molecule has 2 rings (SSSR count). The Kier molecular flexibility index (Phi) is 3.56. The van der Waals surface area contributed by atoms with E-state index >= 15 is 0 Å². The van der Waals surface area contributed by atoms with Gasteiger partial charge in [-0.3, -0.25) is 4.90 Å². The number of rotatable bonds is 4. The Balaban J connectivity index is 0.000000720. The molecular weight excluding hydrogens is 172 g/mol. The van der Waals surface area contributed by atoms with Gasteiger partial charge < -0.3 is 5.32 Å². The maximum atomic E-state index is 3.79. The molecule has 12 heavy (non-hydrogen) atoms. The van der Waals surface area contributed by atoms with Crippen LogP contribution in [0.4, 0.5) is 0 Å². The van der Waals surface area contributed by atoms with E-state index in [9.17, 15) is 0 Å². The van der Waals surface area contributed by atoms with E-state index in [0.717, 1.165) is 18.6 Å². The first-order chi connectivity index (χ1) is 5.42. The van der Waals surface area contributed by atoms with E-state index in [-0.39, 0.29) is 12.4 Å². The summed E-state index contributed by atoms with van der Waals surface area (Å²) in [5.41, 5.74) is 0. The van der Waals surface area contributed by atoms with Crippen molar-refractivity contribution in [1.29, 1.82) is 0 Å². The smallest absolute Gasteiger partial charge is 0.0351 e. The van der Waals surface area contributed by atoms with Crippen LogP contribution in [0.5, 0.6) is 0 Å². The Labute approximate surface area is 80.4 Å². The number of hydrogen-bond donors (Lipinski definition) is 1. The van der Waals surface area contributed by atoms with E-state index in [1.807, 2.05) is 6.08 Å². The molecule has 0 aromatic carbocycles. The highest BCUT2D eigenvalue weighted by Crippen LogP contribution is 2.29. The van der Waals surface area contributed by atoms with Crippen LogP contribution in [0.3, 0.4) is 0 Å². The molecule has 1 saturated carbocycles.